The van der Waals surface area contributed by atoms with Crippen molar-refractivity contribution in [3.8, 4) is 5.75 Å². The van der Waals surface area contributed by atoms with E-state index in [0.29, 0.717) is 13.0 Å². The Labute approximate surface area is 200 Å². The van der Waals surface area contributed by atoms with Crippen LogP contribution in [-0.2, 0) is 17.6 Å². The molecule has 1 aromatic heterocycles. The van der Waals surface area contributed by atoms with Crippen LogP contribution < -0.4 is 9.64 Å². The molecule has 1 saturated heterocycles. The van der Waals surface area contributed by atoms with Gasteiger partial charge in [-0.2, -0.15) is 0 Å². The second kappa shape index (κ2) is 11.2. The molecule has 0 radical (unpaired) electrons. The van der Waals surface area contributed by atoms with Crippen LogP contribution in [0.3, 0.4) is 0 Å². The molecule has 0 bridgehead atoms. The average molecular weight is 478 g/mol. The Bertz CT molecular complexity index is 967. The molecule has 174 valence electrons. The number of nitrogens with zero attached hydrogens (tertiary/aromatic N) is 3. The molecule has 1 aromatic carbocycles. The Morgan fingerprint density at radius 1 is 1.22 bits per heavy atom. The Balaban J connectivity index is 0.00000289. The Morgan fingerprint density at radius 3 is 2.75 bits per heavy atom. The number of allylic oxidation sites excluding steroid dienone is 2. The highest BCUT2D eigenvalue weighted by Crippen LogP contribution is 2.35. The van der Waals surface area contributed by atoms with Crippen molar-refractivity contribution < 1.29 is 14.6 Å². The first-order chi connectivity index (χ1) is 15.0. The molecule has 1 fully saturated rings. The molecule has 0 saturated carbocycles. The molecule has 6 nitrogen and oxygen atoms in total. The third-order valence-electron chi connectivity index (χ3n) is 6.12. The Morgan fingerprint density at radius 2 is 2.00 bits per heavy atom. The van der Waals surface area contributed by atoms with E-state index in [1.54, 1.807) is 11.3 Å². The molecule has 1 aliphatic carbocycles. The maximum Gasteiger partial charge on any atom is 0.303 e. The molecule has 1 aliphatic heterocycles. The molecule has 2 aromatic rings. The zero-order valence-electron chi connectivity index (χ0n) is 18.8. The van der Waals surface area contributed by atoms with Crippen LogP contribution in [0.15, 0.2) is 24.3 Å². The molecule has 2 heterocycles. The summed E-state index contributed by atoms with van der Waals surface area (Å²) in [6.45, 7) is 6.98. The van der Waals surface area contributed by atoms with Gasteiger partial charge in [-0.3, -0.25) is 4.79 Å². The van der Waals surface area contributed by atoms with Crippen LogP contribution in [0.5, 0.6) is 5.75 Å². The summed E-state index contributed by atoms with van der Waals surface area (Å²) in [5, 5.41) is 10.2. The van der Waals surface area contributed by atoms with Crippen molar-refractivity contribution >= 4 is 40.4 Å². The number of likely N-dealkylation sites (N-methyl/N-ethyl adjacent to an activating group) is 1. The van der Waals surface area contributed by atoms with Gasteiger partial charge < -0.3 is 19.6 Å². The van der Waals surface area contributed by atoms with Crippen molar-refractivity contribution in [2.75, 3.05) is 44.7 Å². The highest BCUT2D eigenvalue weighted by Gasteiger charge is 2.20. The van der Waals surface area contributed by atoms with Crippen molar-refractivity contribution in [3.63, 3.8) is 0 Å². The van der Waals surface area contributed by atoms with E-state index in [1.807, 2.05) is 12.1 Å². The number of carbonyl (C=O) groups is 1. The third kappa shape index (κ3) is 5.82. The zero-order valence-corrected chi connectivity index (χ0v) is 20.4. The summed E-state index contributed by atoms with van der Waals surface area (Å²) in [6.07, 6.45) is 5.57. The van der Waals surface area contributed by atoms with E-state index >= 15 is 0 Å². The van der Waals surface area contributed by atoms with Crippen molar-refractivity contribution in [3.05, 3.63) is 46.0 Å². The molecule has 0 atom stereocenters. The minimum atomic E-state index is -0.755. The lowest BCUT2D eigenvalue weighted by Crippen LogP contribution is -2.44. The van der Waals surface area contributed by atoms with Gasteiger partial charge in [0, 0.05) is 49.5 Å². The first kappa shape index (κ1) is 24.6. The van der Waals surface area contributed by atoms with Gasteiger partial charge in [-0.1, -0.05) is 18.2 Å². The number of fused-ring (bicyclic) bond motifs is 1. The van der Waals surface area contributed by atoms with Gasteiger partial charge in [0.1, 0.15) is 5.75 Å². The SMILES string of the molecule is Cc1sc(N2CCN(C)CC2)nc1CCOc1cccc2c1CCC=C2CCC(=O)O.Cl. The van der Waals surface area contributed by atoms with Gasteiger partial charge in [0.25, 0.3) is 0 Å². The lowest BCUT2D eigenvalue weighted by Gasteiger charge is -2.32. The Kier molecular flexibility index (Phi) is 8.57. The molecular weight excluding hydrogens is 446 g/mol. The summed E-state index contributed by atoms with van der Waals surface area (Å²) in [5.41, 5.74) is 4.61. The standard InChI is InChI=1S/C24H31N3O3S.ClH/c1-17-21(25-24(31-17)27-14-12-26(2)13-15-27)11-16-30-22-8-4-6-19-18(9-10-23(28)29)5-3-7-20(19)22;/h4-6,8H,3,7,9-16H2,1-2H3,(H,28,29);1H. The number of hydrogen-bond acceptors (Lipinski definition) is 6. The highest BCUT2D eigenvalue weighted by molar-refractivity contribution is 7.15. The van der Waals surface area contributed by atoms with Crippen LogP contribution in [0, 0.1) is 6.92 Å². The van der Waals surface area contributed by atoms with Gasteiger partial charge >= 0.3 is 5.97 Å². The number of ether oxygens (including phenoxy) is 1. The lowest BCUT2D eigenvalue weighted by atomic mass is 9.88. The number of hydrogen-bond donors (Lipinski definition) is 1. The molecule has 0 spiro atoms. The number of halogens is 1. The highest BCUT2D eigenvalue weighted by atomic mass is 35.5. The molecule has 4 rings (SSSR count). The lowest BCUT2D eigenvalue weighted by molar-refractivity contribution is -0.136. The van der Waals surface area contributed by atoms with Gasteiger partial charge in [-0.15, -0.1) is 23.7 Å². The van der Waals surface area contributed by atoms with Crippen LogP contribution in [0.1, 0.15) is 41.0 Å². The van der Waals surface area contributed by atoms with Crippen molar-refractivity contribution in [1.29, 1.82) is 0 Å². The maximum absolute atomic E-state index is 11.0. The number of carboxylic acid groups (broad SMARTS) is 1. The number of carboxylic acids is 1. The fourth-order valence-electron chi connectivity index (χ4n) is 4.27. The topological polar surface area (TPSA) is 65.9 Å². The van der Waals surface area contributed by atoms with E-state index in [1.165, 1.54) is 10.4 Å². The van der Waals surface area contributed by atoms with Crippen LogP contribution in [0.25, 0.3) is 5.57 Å². The minimum Gasteiger partial charge on any atom is -0.493 e. The second-order valence-electron chi connectivity index (χ2n) is 8.33. The molecule has 2 aliphatic rings. The van der Waals surface area contributed by atoms with Crippen molar-refractivity contribution in [2.24, 2.45) is 0 Å². The Hall–Kier alpha value is -2.09. The number of anilines is 1. The molecule has 8 heteroatoms. The summed E-state index contributed by atoms with van der Waals surface area (Å²) in [7, 11) is 2.17. The molecule has 0 amide bonds. The third-order valence-corrected chi connectivity index (χ3v) is 7.20. The quantitative estimate of drug-likeness (QED) is 0.606. The summed E-state index contributed by atoms with van der Waals surface area (Å²) < 4.78 is 6.21. The van der Waals surface area contributed by atoms with Gasteiger partial charge in [-0.05, 0) is 50.4 Å². The maximum atomic E-state index is 11.0. The predicted molar refractivity (Wildman–Crippen MR) is 133 cm³/mol. The first-order valence-corrected chi connectivity index (χ1v) is 11.9. The number of thiazole rings is 1. The summed E-state index contributed by atoms with van der Waals surface area (Å²) >= 11 is 1.78. The van der Waals surface area contributed by atoms with Crippen LogP contribution in [0.2, 0.25) is 0 Å². The monoisotopic (exact) mass is 477 g/mol. The average Bonchev–Trinajstić information content (AvgIpc) is 3.13. The number of benzene rings is 1. The smallest absolute Gasteiger partial charge is 0.303 e. The van der Waals surface area contributed by atoms with Crippen LogP contribution in [-0.4, -0.2) is 60.8 Å². The fourth-order valence-corrected chi connectivity index (χ4v) is 5.28. The van der Waals surface area contributed by atoms with Gasteiger partial charge in [0.05, 0.1) is 12.3 Å². The van der Waals surface area contributed by atoms with E-state index in [-0.39, 0.29) is 18.8 Å². The summed E-state index contributed by atoms with van der Waals surface area (Å²) in [4.78, 5) is 21.9. The molecule has 32 heavy (non-hydrogen) atoms. The number of aryl methyl sites for hydroxylation is 1. The minimum absolute atomic E-state index is 0. The predicted octanol–water partition coefficient (Wildman–Crippen LogP) is 4.44. The summed E-state index contributed by atoms with van der Waals surface area (Å²) in [5.74, 6) is 0.167. The number of rotatable bonds is 8. The molecule has 0 unspecified atom stereocenters. The fraction of sp³-hybridized carbons (Fsp3) is 0.500. The van der Waals surface area contributed by atoms with Gasteiger partial charge in [0.2, 0.25) is 0 Å². The molecule has 1 N–H and O–H groups in total. The van der Waals surface area contributed by atoms with Crippen molar-refractivity contribution in [1.82, 2.24) is 9.88 Å². The van der Waals surface area contributed by atoms with Crippen LogP contribution >= 0.6 is 23.7 Å². The van der Waals surface area contributed by atoms with Gasteiger partial charge in [0.15, 0.2) is 5.13 Å². The second-order valence-corrected chi connectivity index (χ2v) is 9.51. The zero-order chi connectivity index (χ0) is 21.8. The molecular formula is C24H32ClN3O3S. The number of aromatic nitrogens is 1. The van der Waals surface area contributed by atoms with E-state index in [0.717, 1.165) is 73.2 Å². The first-order valence-electron chi connectivity index (χ1n) is 11.1. The van der Waals surface area contributed by atoms with E-state index < -0.39 is 5.97 Å². The van der Waals surface area contributed by atoms with E-state index in [4.69, 9.17) is 14.8 Å². The van der Waals surface area contributed by atoms with Crippen molar-refractivity contribution in [2.45, 2.75) is 39.0 Å². The van der Waals surface area contributed by atoms with Gasteiger partial charge in [-0.25, -0.2) is 4.98 Å². The summed E-state index contributed by atoms with van der Waals surface area (Å²) in [6, 6.07) is 6.12. The number of aliphatic carboxylic acids is 1. The van der Waals surface area contributed by atoms with Crippen LogP contribution in [0.4, 0.5) is 5.13 Å². The largest absolute Gasteiger partial charge is 0.493 e. The van der Waals surface area contributed by atoms with E-state index in [9.17, 15) is 4.79 Å². The van der Waals surface area contributed by atoms with E-state index in [2.05, 4.69) is 35.9 Å². The number of piperazine rings is 1. The normalized spacial score (nSPS) is 16.2.